The number of carbonyl (C=O) groups is 2. The average molecular weight is 386 g/mol. The molecule has 6 heteroatoms. The minimum atomic E-state index is -0.278. The van der Waals surface area contributed by atoms with Crippen molar-refractivity contribution in [3.63, 3.8) is 0 Å². The van der Waals surface area contributed by atoms with Gasteiger partial charge in [0.05, 0.1) is 5.69 Å². The fourth-order valence-corrected chi connectivity index (χ4v) is 4.27. The maximum Gasteiger partial charge on any atom is 0.291 e. The lowest BCUT2D eigenvalue weighted by Crippen LogP contribution is -2.30. The first-order valence-electron chi connectivity index (χ1n) is 10.1. The molecule has 0 bridgehead atoms. The number of benzene rings is 2. The summed E-state index contributed by atoms with van der Waals surface area (Å²) in [6, 6.07) is 17.3. The van der Waals surface area contributed by atoms with Crippen molar-refractivity contribution in [1.29, 1.82) is 0 Å². The highest BCUT2D eigenvalue weighted by atomic mass is 16.2. The van der Waals surface area contributed by atoms with Crippen molar-refractivity contribution in [1.82, 2.24) is 9.55 Å². The SMILES string of the molecule is O=C(Nc1ccccc1)c1nc(C(=O)N2CCc3ccccc32)c2n1CCCC2. The predicted molar refractivity (Wildman–Crippen MR) is 111 cm³/mol. The van der Waals surface area contributed by atoms with E-state index in [0.29, 0.717) is 30.3 Å². The second-order valence-corrected chi connectivity index (χ2v) is 7.50. The number of hydrogen-bond donors (Lipinski definition) is 1. The van der Waals surface area contributed by atoms with Gasteiger partial charge >= 0.3 is 0 Å². The van der Waals surface area contributed by atoms with E-state index in [-0.39, 0.29) is 11.8 Å². The van der Waals surface area contributed by atoms with Crippen molar-refractivity contribution < 1.29 is 9.59 Å². The molecule has 0 unspecified atom stereocenters. The molecule has 0 spiro atoms. The Morgan fingerprint density at radius 1 is 0.897 bits per heavy atom. The maximum atomic E-state index is 13.4. The highest BCUT2D eigenvalue weighted by Crippen LogP contribution is 2.30. The number of aromatic nitrogens is 2. The Labute approximate surface area is 169 Å². The molecule has 3 aromatic rings. The van der Waals surface area contributed by atoms with E-state index in [1.54, 1.807) is 4.90 Å². The molecule has 0 saturated carbocycles. The van der Waals surface area contributed by atoms with Gasteiger partial charge in [-0.25, -0.2) is 4.98 Å². The quantitative estimate of drug-likeness (QED) is 0.747. The second-order valence-electron chi connectivity index (χ2n) is 7.50. The van der Waals surface area contributed by atoms with Crippen LogP contribution >= 0.6 is 0 Å². The van der Waals surface area contributed by atoms with Crippen LogP contribution in [0, 0.1) is 0 Å². The average Bonchev–Trinajstić information content (AvgIpc) is 3.36. The van der Waals surface area contributed by atoms with Crippen LogP contribution in [0.25, 0.3) is 0 Å². The smallest absolute Gasteiger partial charge is 0.291 e. The van der Waals surface area contributed by atoms with Crippen LogP contribution in [-0.4, -0.2) is 27.9 Å². The molecule has 5 rings (SSSR count). The van der Waals surface area contributed by atoms with Gasteiger partial charge in [-0.15, -0.1) is 0 Å². The van der Waals surface area contributed by atoms with Crippen molar-refractivity contribution >= 4 is 23.2 Å². The molecule has 2 amide bonds. The molecule has 2 aromatic carbocycles. The van der Waals surface area contributed by atoms with E-state index in [1.807, 2.05) is 53.1 Å². The standard InChI is InChI=1S/C23H22N4O2/c28-22(24-17-9-2-1-3-10-17)21-25-20(19-12-6-7-14-26(19)21)23(29)27-15-13-16-8-4-5-11-18(16)27/h1-5,8-11H,6-7,12-15H2,(H,24,28). The number of fused-ring (bicyclic) bond motifs is 2. The van der Waals surface area contributed by atoms with Gasteiger partial charge in [0.15, 0.2) is 11.5 Å². The normalized spacial score (nSPS) is 15.0. The van der Waals surface area contributed by atoms with Crippen molar-refractivity contribution in [2.45, 2.75) is 32.2 Å². The van der Waals surface area contributed by atoms with Gasteiger partial charge in [-0.2, -0.15) is 0 Å². The zero-order valence-electron chi connectivity index (χ0n) is 16.1. The zero-order valence-corrected chi connectivity index (χ0v) is 16.1. The van der Waals surface area contributed by atoms with Gasteiger partial charge in [0.2, 0.25) is 0 Å². The van der Waals surface area contributed by atoms with Crippen LogP contribution in [0.3, 0.4) is 0 Å². The summed E-state index contributed by atoms with van der Waals surface area (Å²) < 4.78 is 1.93. The Morgan fingerprint density at radius 2 is 1.69 bits per heavy atom. The molecule has 2 aliphatic heterocycles. The number of amides is 2. The first kappa shape index (κ1) is 17.7. The third kappa shape index (κ3) is 3.10. The van der Waals surface area contributed by atoms with Gasteiger partial charge in [0.1, 0.15) is 0 Å². The first-order valence-corrected chi connectivity index (χ1v) is 10.1. The van der Waals surface area contributed by atoms with Crippen LogP contribution in [0.2, 0.25) is 0 Å². The number of nitrogens with one attached hydrogen (secondary N) is 1. The third-order valence-electron chi connectivity index (χ3n) is 5.69. The summed E-state index contributed by atoms with van der Waals surface area (Å²) in [4.78, 5) is 32.7. The summed E-state index contributed by atoms with van der Waals surface area (Å²) in [5, 5.41) is 2.90. The summed E-state index contributed by atoms with van der Waals surface area (Å²) in [5.41, 5.74) is 4.14. The number of imidazole rings is 1. The van der Waals surface area contributed by atoms with Crippen LogP contribution in [0.4, 0.5) is 11.4 Å². The van der Waals surface area contributed by atoms with Gasteiger partial charge in [0.25, 0.3) is 11.8 Å². The van der Waals surface area contributed by atoms with E-state index >= 15 is 0 Å². The van der Waals surface area contributed by atoms with Crippen LogP contribution in [-0.2, 0) is 19.4 Å². The van der Waals surface area contributed by atoms with E-state index in [2.05, 4.69) is 16.4 Å². The summed E-state index contributed by atoms with van der Waals surface area (Å²) >= 11 is 0. The number of hydrogen-bond acceptors (Lipinski definition) is 3. The van der Waals surface area contributed by atoms with E-state index in [1.165, 1.54) is 5.56 Å². The largest absolute Gasteiger partial charge is 0.323 e. The van der Waals surface area contributed by atoms with Crippen molar-refractivity contribution in [3.05, 3.63) is 77.4 Å². The molecular weight excluding hydrogens is 364 g/mol. The Bertz CT molecular complexity index is 1090. The molecule has 0 radical (unpaired) electrons. The highest BCUT2D eigenvalue weighted by molar-refractivity contribution is 6.09. The van der Waals surface area contributed by atoms with Crippen molar-refractivity contribution in [2.24, 2.45) is 0 Å². The molecule has 0 aliphatic carbocycles. The monoisotopic (exact) mass is 386 g/mol. The van der Waals surface area contributed by atoms with Gasteiger partial charge < -0.3 is 14.8 Å². The highest BCUT2D eigenvalue weighted by Gasteiger charge is 2.32. The number of para-hydroxylation sites is 2. The minimum Gasteiger partial charge on any atom is -0.323 e. The summed E-state index contributed by atoms with van der Waals surface area (Å²) in [6.07, 6.45) is 3.60. The number of nitrogens with zero attached hydrogens (tertiary/aromatic N) is 3. The van der Waals surface area contributed by atoms with Crippen LogP contribution in [0.15, 0.2) is 54.6 Å². The molecule has 146 valence electrons. The van der Waals surface area contributed by atoms with Gasteiger partial charge in [-0.3, -0.25) is 9.59 Å². The first-order chi connectivity index (χ1) is 14.2. The molecule has 1 aromatic heterocycles. The molecule has 2 aliphatic rings. The molecular formula is C23H22N4O2. The Hall–Kier alpha value is -3.41. The van der Waals surface area contributed by atoms with Gasteiger partial charge in [-0.05, 0) is 49.4 Å². The molecule has 0 atom stereocenters. The minimum absolute atomic E-state index is 0.112. The fourth-order valence-electron chi connectivity index (χ4n) is 4.27. The Kier molecular flexibility index (Phi) is 4.39. The van der Waals surface area contributed by atoms with Crippen LogP contribution in [0.5, 0.6) is 0 Å². The van der Waals surface area contributed by atoms with E-state index < -0.39 is 0 Å². The van der Waals surface area contributed by atoms with E-state index in [4.69, 9.17) is 0 Å². The predicted octanol–water partition coefficient (Wildman–Crippen LogP) is 3.67. The topological polar surface area (TPSA) is 67.2 Å². The maximum absolute atomic E-state index is 13.4. The van der Waals surface area contributed by atoms with E-state index in [0.717, 1.165) is 37.1 Å². The Balaban J connectivity index is 1.50. The second kappa shape index (κ2) is 7.20. The van der Waals surface area contributed by atoms with E-state index in [9.17, 15) is 9.59 Å². The molecule has 1 N–H and O–H groups in total. The third-order valence-corrected chi connectivity index (χ3v) is 5.69. The van der Waals surface area contributed by atoms with Crippen molar-refractivity contribution in [3.8, 4) is 0 Å². The zero-order chi connectivity index (χ0) is 19.8. The molecule has 0 fully saturated rings. The molecule has 3 heterocycles. The van der Waals surface area contributed by atoms with Gasteiger partial charge in [0, 0.05) is 24.5 Å². The summed E-state index contributed by atoms with van der Waals surface area (Å²) in [5.74, 6) is -0.0704. The lowest BCUT2D eigenvalue weighted by atomic mass is 10.1. The lowest BCUT2D eigenvalue weighted by Gasteiger charge is -2.19. The summed E-state index contributed by atoms with van der Waals surface area (Å²) in [6.45, 7) is 1.36. The Morgan fingerprint density at radius 3 is 2.55 bits per heavy atom. The molecule has 0 saturated heterocycles. The van der Waals surface area contributed by atoms with Gasteiger partial charge in [-0.1, -0.05) is 36.4 Å². The summed E-state index contributed by atoms with van der Waals surface area (Å²) in [7, 11) is 0. The fraction of sp³-hybridized carbons (Fsp3) is 0.261. The van der Waals surface area contributed by atoms with Crippen molar-refractivity contribution in [2.75, 3.05) is 16.8 Å². The number of rotatable bonds is 3. The number of carbonyl (C=O) groups excluding carboxylic acids is 2. The lowest BCUT2D eigenvalue weighted by molar-refractivity contribution is 0.0983. The number of anilines is 2. The molecule has 29 heavy (non-hydrogen) atoms. The molecule has 6 nitrogen and oxygen atoms in total. The van der Waals surface area contributed by atoms with Crippen LogP contribution in [0.1, 0.15) is 45.2 Å². The van der Waals surface area contributed by atoms with Crippen LogP contribution < -0.4 is 10.2 Å².